The second-order valence-corrected chi connectivity index (χ2v) is 4.03. The maximum Gasteiger partial charge on any atom is 0.326 e. The van der Waals surface area contributed by atoms with Gasteiger partial charge in [0, 0.05) is 0 Å². The molecule has 0 radical (unpaired) electrons. The Labute approximate surface area is 89.8 Å². The van der Waals surface area contributed by atoms with Crippen LogP contribution in [0.1, 0.15) is 20.3 Å². The fraction of sp³-hybridized carbons (Fsp3) is 0.900. The van der Waals surface area contributed by atoms with Gasteiger partial charge in [0.25, 0.3) is 0 Å². The second-order valence-electron chi connectivity index (χ2n) is 4.03. The van der Waals surface area contributed by atoms with Gasteiger partial charge in [0.2, 0.25) is 0 Å². The molecule has 0 spiro atoms. The van der Waals surface area contributed by atoms with Gasteiger partial charge in [-0.25, -0.2) is 0 Å². The molecular weight excluding hydrogens is 198 g/mol. The Morgan fingerprint density at radius 1 is 1.67 bits per heavy atom. The van der Waals surface area contributed by atoms with Crippen molar-refractivity contribution in [1.29, 1.82) is 0 Å². The number of carbonyl (C=O) groups is 1. The molecule has 1 atom stereocenters. The fourth-order valence-electron chi connectivity index (χ4n) is 1.18. The fourth-order valence-corrected chi connectivity index (χ4v) is 1.18. The first-order chi connectivity index (χ1) is 7.08. The lowest BCUT2D eigenvalue weighted by Gasteiger charge is -2.31. The Balaban J connectivity index is 2.36. The highest BCUT2D eigenvalue weighted by molar-refractivity contribution is 5.78. The number of nitrogens with one attached hydrogen (secondary N) is 1. The van der Waals surface area contributed by atoms with E-state index in [-0.39, 0.29) is 12.7 Å². The number of rotatable bonds is 7. The average Bonchev–Trinajstić information content (AvgIpc) is 2.12. The van der Waals surface area contributed by atoms with E-state index in [0.717, 1.165) is 6.42 Å². The van der Waals surface area contributed by atoms with Gasteiger partial charge in [-0.05, 0) is 19.9 Å². The quantitative estimate of drug-likeness (QED) is 0.639. The first-order valence-corrected chi connectivity index (χ1v) is 5.26. The maximum atomic E-state index is 11.1. The van der Waals surface area contributed by atoms with E-state index in [9.17, 15) is 4.79 Å². The molecule has 1 unspecified atom stereocenters. The van der Waals surface area contributed by atoms with Gasteiger partial charge in [-0.2, -0.15) is 0 Å². The van der Waals surface area contributed by atoms with E-state index >= 15 is 0 Å². The summed E-state index contributed by atoms with van der Waals surface area (Å²) in [5, 5.41) is 12.1. The van der Waals surface area contributed by atoms with Gasteiger partial charge in [-0.1, -0.05) is 6.92 Å². The minimum atomic E-state index is -0.994. The zero-order valence-electron chi connectivity index (χ0n) is 9.28. The molecule has 0 aromatic rings. The lowest BCUT2D eigenvalue weighted by atomic mass is 10.0. The van der Waals surface area contributed by atoms with Gasteiger partial charge in [0.15, 0.2) is 0 Å². The standard InChI is InChI=1S/C10H19NO4/c1-3-4-11-10(2,9(12)13)7-15-8-5-14-6-8/h8,11H,3-7H2,1-2H3,(H,12,13). The smallest absolute Gasteiger partial charge is 0.326 e. The molecule has 0 aromatic heterocycles. The molecule has 1 fully saturated rings. The largest absolute Gasteiger partial charge is 0.480 e. The van der Waals surface area contributed by atoms with Crippen LogP contribution in [-0.2, 0) is 14.3 Å². The van der Waals surface area contributed by atoms with Crippen LogP contribution in [0.4, 0.5) is 0 Å². The number of hydrogen-bond acceptors (Lipinski definition) is 4. The molecule has 0 amide bonds. The van der Waals surface area contributed by atoms with Crippen molar-refractivity contribution in [3.05, 3.63) is 0 Å². The van der Waals surface area contributed by atoms with Crippen molar-refractivity contribution in [3.8, 4) is 0 Å². The summed E-state index contributed by atoms with van der Waals surface area (Å²) >= 11 is 0. The molecule has 5 heteroatoms. The van der Waals surface area contributed by atoms with E-state index < -0.39 is 11.5 Å². The van der Waals surface area contributed by atoms with Crippen molar-refractivity contribution >= 4 is 5.97 Å². The van der Waals surface area contributed by atoms with Crippen LogP contribution < -0.4 is 5.32 Å². The van der Waals surface area contributed by atoms with Crippen molar-refractivity contribution in [2.75, 3.05) is 26.4 Å². The van der Waals surface area contributed by atoms with Crippen LogP contribution in [0.15, 0.2) is 0 Å². The number of hydrogen-bond donors (Lipinski definition) is 2. The predicted octanol–water partition coefficient (Wildman–Crippen LogP) is 0.245. The molecule has 0 saturated carbocycles. The molecule has 2 N–H and O–H groups in total. The number of carboxylic acid groups (broad SMARTS) is 1. The average molecular weight is 217 g/mol. The molecular formula is C10H19NO4. The predicted molar refractivity (Wildman–Crippen MR) is 54.9 cm³/mol. The summed E-state index contributed by atoms with van der Waals surface area (Å²) in [4.78, 5) is 11.1. The van der Waals surface area contributed by atoms with Crippen LogP contribution in [0.2, 0.25) is 0 Å². The molecule has 1 rings (SSSR count). The Hall–Kier alpha value is -0.650. The Bertz CT molecular complexity index is 217. The van der Waals surface area contributed by atoms with Crippen molar-refractivity contribution in [3.63, 3.8) is 0 Å². The van der Waals surface area contributed by atoms with Gasteiger partial charge >= 0.3 is 5.97 Å². The molecule has 15 heavy (non-hydrogen) atoms. The molecule has 0 bridgehead atoms. The molecule has 1 aliphatic rings. The lowest BCUT2D eigenvalue weighted by molar-refractivity contribution is -0.160. The lowest BCUT2D eigenvalue weighted by Crippen LogP contribution is -2.55. The molecule has 0 aromatic carbocycles. The highest BCUT2D eigenvalue weighted by Crippen LogP contribution is 2.11. The molecule has 0 aliphatic carbocycles. The van der Waals surface area contributed by atoms with Crippen molar-refractivity contribution < 1.29 is 19.4 Å². The minimum absolute atomic E-state index is 0.0621. The summed E-state index contributed by atoms with van der Waals surface area (Å²) in [6, 6.07) is 0. The van der Waals surface area contributed by atoms with Crippen LogP contribution in [0.3, 0.4) is 0 Å². The third kappa shape index (κ3) is 3.44. The van der Waals surface area contributed by atoms with Gasteiger partial charge in [-0.3, -0.25) is 4.79 Å². The van der Waals surface area contributed by atoms with Gasteiger partial charge in [0.1, 0.15) is 11.6 Å². The monoisotopic (exact) mass is 217 g/mol. The van der Waals surface area contributed by atoms with Crippen LogP contribution in [0.25, 0.3) is 0 Å². The van der Waals surface area contributed by atoms with E-state index in [4.69, 9.17) is 14.6 Å². The topological polar surface area (TPSA) is 67.8 Å². The first kappa shape index (κ1) is 12.4. The van der Waals surface area contributed by atoms with Crippen molar-refractivity contribution in [2.45, 2.75) is 31.9 Å². The van der Waals surface area contributed by atoms with E-state index in [1.165, 1.54) is 0 Å². The summed E-state index contributed by atoms with van der Waals surface area (Å²) in [7, 11) is 0. The molecule has 88 valence electrons. The third-order valence-corrected chi connectivity index (χ3v) is 2.45. The van der Waals surface area contributed by atoms with Gasteiger partial charge in [-0.15, -0.1) is 0 Å². The summed E-state index contributed by atoms with van der Waals surface area (Å²) in [5.41, 5.74) is -0.994. The molecule has 5 nitrogen and oxygen atoms in total. The van der Waals surface area contributed by atoms with Crippen molar-refractivity contribution in [1.82, 2.24) is 5.32 Å². The van der Waals surface area contributed by atoms with Crippen LogP contribution in [0, 0.1) is 0 Å². The Morgan fingerprint density at radius 2 is 2.33 bits per heavy atom. The zero-order valence-corrected chi connectivity index (χ0v) is 9.28. The normalized spacial score (nSPS) is 20.7. The summed E-state index contributed by atoms with van der Waals surface area (Å²) < 4.78 is 10.4. The van der Waals surface area contributed by atoms with E-state index in [2.05, 4.69) is 5.32 Å². The number of ether oxygens (including phenoxy) is 2. The highest BCUT2D eigenvalue weighted by atomic mass is 16.6. The van der Waals surface area contributed by atoms with Crippen LogP contribution in [0.5, 0.6) is 0 Å². The summed E-state index contributed by atoms with van der Waals surface area (Å²) in [6.45, 7) is 5.64. The van der Waals surface area contributed by atoms with Gasteiger partial charge in [0.05, 0.1) is 19.8 Å². The van der Waals surface area contributed by atoms with E-state index in [1.54, 1.807) is 6.92 Å². The SMILES string of the molecule is CCCNC(C)(COC1COC1)C(=O)O. The van der Waals surface area contributed by atoms with Gasteiger partial charge < -0.3 is 19.9 Å². The second kappa shape index (κ2) is 5.44. The summed E-state index contributed by atoms with van der Waals surface area (Å²) in [6.07, 6.45) is 0.960. The first-order valence-electron chi connectivity index (χ1n) is 5.26. The third-order valence-electron chi connectivity index (χ3n) is 2.45. The van der Waals surface area contributed by atoms with Crippen molar-refractivity contribution in [2.24, 2.45) is 0 Å². The van der Waals surface area contributed by atoms with Crippen LogP contribution >= 0.6 is 0 Å². The highest BCUT2D eigenvalue weighted by Gasteiger charge is 2.34. The van der Waals surface area contributed by atoms with E-state index in [1.807, 2.05) is 6.92 Å². The number of carboxylic acids is 1. The molecule has 1 saturated heterocycles. The van der Waals surface area contributed by atoms with E-state index in [0.29, 0.717) is 19.8 Å². The minimum Gasteiger partial charge on any atom is -0.480 e. The maximum absolute atomic E-state index is 11.1. The Morgan fingerprint density at radius 3 is 2.73 bits per heavy atom. The molecule has 1 aliphatic heterocycles. The zero-order chi connectivity index (χ0) is 11.3. The Kier molecular flexibility index (Phi) is 4.50. The number of aliphatic carboxylic acids is 1. The van der Waals surface area contributed by atoms with Crippen LogP contribution in [-0.4, -0.2) is 49.1 Å². The summed E-state index contributed by atoms with van der Waals surface area (Å²) in [5.74, 6) is -0.879. The molecule has 1 heterocycles.